The molecule has 1 nitrogen and oxygen atoms in total. The monoisotopic (exact) mass is 342 g/mol. The quantitative estimate of drug-likeness (QED) is 0.773. The molecule has 1 aromatic carbocycles. The average Bonchev–Trinajstić information content (AvgIpc) is 1.99. The summed E-state index contributed by atoms with van der Waals surface area (Å²) in [6.07, 6.45) is 0. The average molecular weight is 345 g/mol. The lowest BCUT2D eigenvalue weighted by Crippen LogP contribution is -1.87. The molecule has 0 heterocycles. The molecule has 11 heavy (non-hydrogen) atoms. The van der Waals surface area contributed by atoms with Crippen LogP contribution in [0.3, 0.4) is 0 Å². The highest BCUT2D eigenvalue weighted by atomic mass is 79.9. The summed E-state index contributed by atoms with van der Waals surface area (Å²) >= 11 is 10.0. The molecule has 0 saturated heterocycles. The minimum Gasteiger partial charge on any atom is -0.392 e. The highest BCUT2D eigenvalue weighted by molar-refractivity contribution is 9.13. The van der Waals surface area contributed by atoms with Gasteiger partial charge in [-0.05, 0) is 44.0 Å². The lowest BCUT2D eigenvalue weighted by atomic mass is 10.2. The maximum Gasteiger partial charge on any atom is 0.0704 e. The highest BCUT2D eigenvalue weighted by Gasteiger charge is 2.06. The molecule has 0 unspecified atom stereocenters. The Bertz CT molecular complexity index is 273. The second kappa shape index (κ2) is 4.03. The molecule has 0 aliphatic carbocycles. The van der Waals surface area contributed by atoms with Crippen LogP contribution in [-0.4, -0.2) is 5.11 Å². The van der Waals surface area contributed by atoms with Crippen molar-refractivity contribution in [1.82, 2.24) is 0 Å². The van der Waals surface area contributed by atoms with Crippen LogP contribution in [0.25, 0.3) is 0 Å². The first-order valence-corrected chi connectivity index (χ1v) is 5.28. The molecule has 1 aromatic rings. The van der Waals surface area contributed by atoms with Gasteiger partial charge >= 0.3 is 0 Å². The van der Waals surface area contributed by atoms with Crippen molar-refractivity contribution >= 4 is 47.8 Å². The zero-order chi connectivity index (χ0) is 8.43. The largest absolute Gasteiger partial charge is 0.392 e. The Labute approximate surface area is 90.2 Å². The molecule has 0 aliphatic heterocycles. The summed E-state index contributed by atoms with van der Waals surface area (Å²) in [6, 6.07) is 3.80. The Morgan fingerprint density at radius 3 is 2.09 bits per heavy atom. The van der Waals surface area contributed by atoms with Crippen LogP contribution in [-0.2, 0) is 6.61 Å². The third-order valence-corrected chi connectivity index (χ3v) is 4.14. The van der Waals surface area contributed by atoms with E-state index < -0.39 is 0 Å². The maximum absolute atomic E-state index is 8.94. The van der Waals surface area contributed by atoms with E-state index in [2.05, 4.69) is 47.8 Å². The number of aliphatic hydroxyl groups is 1. The summed E-state index contributed by atoms with van der Waals surface area (Å²) in [7, 11) is 0. The summed E-state index contributed by atoms with van der Waals surface area (Å²) in [5.74, 6) is 0. The molecule has 0 saturated carbocycles. The molecule has 60 valence electrons. The van der Waals surface area contributed by atoms with Crippen molar-refractivity contribution in [3.63, 3.8) is 0 Å². The number of halogens is 3. The number of aliphatic hydroxyl groups excluding tert-OH is 1. The summed E-state index contributed by atoms with van der Waals surface area (Å²) in [4.78, 5) is 0. The minimum atomic E-state index is 0.0284. The van der Waals surface area contributed by atoms with Gasteiger partial charge in [-0.25, -0.2) is 0 Å². The Kier molecular flexibility index (Phi) is 3.55. The molecule has 1 N–H and O–H groups in total. The van der Waals surface area contributed by atoms with E-state index in [1.54, 1.807) is 0 Å². The van der Waals surface area contributed by atoms with Crippen molar-refractivity contribution < 1.29 is 5.11 Å². The van der Waals surface area contributed by atoms with Crippen molar-refractivity contribution in [1.29, 1.82) is 0 Å². The van der Waals surface area contributed by atoms with E-state index in [1.807, 2.05) is 12.1 Å². The van der Waals surface area contributed by atoms with Gasteiger partial charge in [-0.2, -0.15) is 0 Å². The van der Waals surface area contributed by atoms with E-state index >= 15 is 0 Å². The first-order chi connectivity index (χ1) is 5.16. The van der Waals surface area contributed by atoms with E-state index in [4.69, 9.17) is 5.11 Å². The Hall–Kier alpha value is 0.620. The third kappa shape index (κ3) is 2.05. The molecular formula is C7H5Br3O. The van der Waals surface area contributed by atoms with Crippen LogP contribution in [0.4, 0.5) is 0 Å². The molecule has 0 radical (unpaired) electrons. The lowest BCUT2D eigenvalue weighted by molar-refractivity contribution is 0.280. The molecule has 1 rings (SSSR count). The predicted molar refractivity (Wildman–Crippen MR) is 55.5 cm³/mol. The summed E-state index contributed by atoms with van der Waals surface area (Å²) in [5.41, 5.74) is 0.861. The number of hydrogen-bond donors (Lipinski definition) is 1. The molecule has 0 aliphatic rings. The molecule has 0 amide bonds. The van der Waals surface area contributed by atoms with Crippen molar-refractivity contribution in [3.8, 4) is 0 Å². The van der Waals surface area contributed by atoms with Gasteiger partial charge in [-0.1, -0.05) is 15.9 Å². The van der Waals surface area contributed by atoms with E-state index in [9.17, 15) is 0 Å². The molecular weight excluding hydrogens is 340 g/mol. The maximum atomic E-state index is 8.94. The van der Waals surface area contributed by atoms with Gasteiger partial charge in [-0.3, -0.25) is 0 Å². The molecule has 0 atom stereocenters. The fourth-order valence-corrected chi connectivity index (χ4v) is 2.28. The SMILES string of the molecule is OCc1c(Br)ccc(Br)c1Br. The number of hydrogen-bond acceptors (Lipinski definition) is 1. The summed E-state index contributed by atoms with van der Waals surface area (Å²) in [6.45, 7) is 0.0284. The summed E-state index contributed by atoms with van der Waals surface area (Å²) < 4.78 is 2.76. The lowest BCUT2D eigenvalue weighted by Gasteiger charge is -2.04. The van der Waals surface area contributed by atoms with Crippen LogP contribution in [0.1, 0.15) is 5.56 Å². The van der Waals surface area contributed by atoms with Gasteiger partial charge in [0.25, 0.3) is 0 Å². The smallest absolute Gasteiger partial charge is 0.0704 e. The first kappa shape index (κ1) is 9.71. The van der Waals surface area contributed by atoms with Crippen molar-refractivity contribution in [3.05, 3.63) is 31.1 Å². The van der Waals surface area contributed by atoms with Gasteiger partial charge in [0.05, 0.1) is 6.61 Å². The number of rotatable bonds is 1. The predicted octanol–water partition coefficient (Wildman–Crippen LogP) is 3.47. The molecule has 0 aromatic heterocycles. The van der Waals surface area contributed by atoms with E-state index in [-0.39, 0.29) is 6.61 Å². The van der Waals surface area contributed by atoms with Crippen LogP contribution >= 0.6 is 47.8 Å². The van der Waals surface area contributed by atoms with Crippen LogP contribution in [0, 0.1) is 0 Å². The Morgan fingerprint density at radius 2 is 1.64 bits per heavy atom. The highest BCUT2D eigenvalue weighted by Crippen LogP contribution is 2.31. The van der Waals surface area contributed by atoms with Crippen LogP contribution in [0.5, 0.6) is 0 Å². The van der Waals surface area contributed by atoms with E-state index in [0.29, 0.717) is 0 Å². The fourth-order valence-electron chi connectivity index (χ4n) is 0.714. The van der Waals surface area contributed by atoms with Crippen LogP contribution in [0.15, 0.2) is 25.6 Å². The fraction of sp³-hybridized carbons (Fsp3) is 0.143. The van der Waals surface area contributed by atoms with Crippen molar-refractivity contribution in [2.24, 2.45) is 0 Å². The first-order valence-electron chi connectivity index (χ1n) is 2.90. The second-order valence-corrected chi connectivity index (χ2v) is 4.48. The van der Waals surface area contributed by atoms with Crippen molar-refractivity contribution in [2.45, 2.75) is 6.61 Å². The molecule has 0 bridgehead atoms. The van der Waals surface area contributed by atoms with Gasteiger partial charge < -0.3 is 5.11 Å². The van der Waals surface area contributed by atoms with Gasteiger partial charge in [0, 0.05) is 19.0 Å². The van der Waals surface area contributed by atoms with Gasteiger partial charge in [0.15, 0.2) is 0 Å². The molecule has 0 fully saturated rings. The molecule has 0 spiro atoms. The summed E-state index contributed by atoms with van der Waals surface area (Å²) in [5, 5.41) is 8.94. The molecule has 4 heteroatoms. The third-order valence-electron chi connectivity index (χ3n) is 1.30. The van der Waals surface area contributed by atoms with Crippen LogP contribution < -0.4 is 0 Å². The minimum absolute atomic E-state index is 0.0284. The van der Waals surface area contributed by atoms with E-state index in [1.165, 1.54) is 0 Å². The van der Waals surface area contributed by atoms with E-state index in [0.717, 1.165) is 19.0 Å². The van der Waals surface area contributed by atoms with Crippen LogP contribution in [0.2, 0.25) is 0 Å². The normalized spacial score (nSPS) is 10.2. The van der Waals surface area contributed by atoms with Gasteiger partial charge in [-0.15, -0.1) is 0 Å². The van der Waals surface area contributed by atoms with Crippen molar-refractivity contribution in [2.75, 3.05) is 0 Å². The Morgan fingerprint density at radius 1 is 1.09 bits per heavy atom. The topological polar surface area (TPSA) is 20.2 Å². The zero-order valence-electron chi connectivity index (χ0n) is 5.44. The standard InChI is InChI=1S/C7H5Br3O/c8-5-1-2-6(9)7(10)4(5)3-11/h1-2,11H,3H2. The number of benzene rings is 1. The van der Waals surface area contributed by atoms with Gasteiger partial charge in [0.2, 0.25) is 0 Å². The Balaban J connectivity index is 3.29. The second-order valence-electron chi connectivity index (χ2n) is 1.98. The van der Waals surface area contributed by atoms with Gasteiger partial charge in [0.1, 0.15) is 0 Å². The zero-order valence-corrected chi connectivity index (χ0v) is 10.2.